The van der Waals surface area contributed by atoms with Gasteiger partial charge in [-0.15, -0.1) is 0 Å². The first-order valence-corrected chi connectivity index (χ1v) is 4.74. The minimum Gasteiger partial charge on any atom is -0.376 e. The Morgan fingerprint density at radius 1 is 1.18 bits per heavy atom. The monoisotopic (exact) mass is 157 g/mol. The lowest BCUT2D eigenvalue weighted by atomic mass is 10.1. The molecule has 1 saturated carbocycles. The lowest BCUT2D eigenvalue weighted by Crippen LogP contribution is -2.44. The normalized spacial score (nSPS) is 24.5. The predicted octanol–water partition coefficient (Wildman–Crippen LogP) is 1.64. The van der Waals surface area contributed by atoms with Crippen LogP contribution in [0.3, 0.4) is 0 Å². The third-order valence-electron chi connectivity index (χ3n) is 2.44. The zero-order valence-electron chi connectivity index (χ0n) is 7.40. The van der Waals surface area contributed by atoms with Crippen LogP contribution < -0.4 is 5.32 Å². The molecule has 2 N–H and O–H groups in total. The molecule has 11 heavy (non-hydrogen) atoms. The number of rotatable bonds is 2. The molecule has 2 nitrogen and oxygen atoms in total. The molecule has 0 bridgehead atoms. The van der Waals surface area contributed by atoms with Crippen LogP contribution in [0.15, 0.2) is 0 Å². The SMILES string of the molecule is CCNC1(O)CCCCCC1. The molecule has 0 aromatic heterocycles. The topological polar surface area (TPSA) is 32.3 Å². The second-order valence-corrected chi connectivity index (χ2v) is 3.48. The van der Waals surface area contributed by atoms with Gasteiger partial charge in [-0.2, -0.15) is 0 Å². The summed E-state index contributed by atoms with van der Waals surface area (Å²) in [5.74, 6) is 0. The number of aliphatic hydroxyl groups is 1. The lowest BCUT2D eigenvalue weighted by Gasteiger charge is -2.27. The Balaban J connectivity index is 2.38. The summed E-state index contributed by atoms with van der Waals surface area (Å²) in [6.45, 7) is 2.92. The van der Waals surface area contributed by atoms with E-state index >= 15 is 0 Å². The molecule has 0 spiro atoms. The fraction of sp³-hybridized carbons (Fsp3) is 1.00. The number of hydrogen-bond acceptors (Lipinski definition) is 2. The fourth-order valence-electron chi connectivity index (χ4n) is 1.82. The molecule has 0 amide bonds. The molecule has 66 valence electrons. The lowest BCUT2D eigenvalue weighted by molar-refractivity contribution is -0.00731. The minimum atomic E-state index is -0.536. The van der Waals surface area contributed by atoms with Crippen LogP contribution in [0.5, 0.6) is 0 Å². The standard InChI is InChI=1S/C9H19NO/c1-2-10-9(11)7-5-3-4-6-8-9/h10-11H,2-8H2,1H3. The molecule has 0 aromatic rings. The van der Waals surface area contributed by atoms with Gasteiger partial charge in [0.1, 0.15) is 5.72 Å². The summed E-state index contributed by atoms with van der Waals surface area (Å²) in [6.07, 6.45) is 6.77. The molecule has 1 aliphatic rings. The minimum absolute atomic E-state index is 0.536. The van der Waals surface area contributed by atoms with Gasteiger partial charge in [0.2, 0.25) is 0 Å². The van der Waals surface area contributed by atoms with E-state index in [1.165, 1.54) is 25.7 Å². The first-order valence-electron chi connectivity index (χ1n) is 4.74. The Labute approximate surface area is 69.0 Å². The van der Waals surface area contributed by atoms with Gasteiger partial charge in [-0.3, -0.25) is 5.32 Å². The van der Waals surface area contributed by atoms with Gasteiger partial charge < -0.3 is 5.11 Å². The average molecular weight is 157 g/mol. The highest BCUT2D eigenvalue weighted by molar-refractivity contribution is 4.77. The second kappa shape index (κ2) is 4.07. The van der Waals surface area contributed by atoms with Crippen LogP contribution in [-0.2, 0) is 0 Å². The Bertz CT molecular complexity index is 106. The highest BCUT2D eigenvalue weighted by atomic mass is 16.3. The molecule has 0 unspecified atom stereocenters. The maximum atomic E-state index is 9.94. The summed E-state index contributed by atoms with van der Waals surface area (Å²) < 4.78 is 0. The maximum absolute atomic E-state index is 9.94. The number of nitrogens with one attached hydrogen (secondary N) is 1. The van der Waals surface area contributed by atoms with Gasteiger partial charge in [-0.25, -0.2) is 0 Å². The van der Waals surface area contributed by atoms with Crippen molar-refractivity contribution in [2.24, 2.45) is 0 Å². The smallest absolute Gasteiger partial charge is 0.116 e. The molecular weight excluding hydrogens is 138 g/mol. The fourth-order valence-corrected chi connectivity index (χ4v) is 1.82. The highest BCUT2D eigenvalue weighted by Gasteiger charge is 2.25. The molecule has 0 aromatic carbocycles. The molecule has 1 rings (SSSR count). The van der Waals surface area contributed by atoms with Crippen molar-refractivity contribution in [1.29, 1.82) is 0 Å². The maximum Gasteiger partial charge on any atom is 0.116 e. The third kappa shape index (κ3) is 2.80. The summed E-state index contributed by atoms with van der Waals surface area (Å²) in [6, 6.07) is 0. The Morgan fingerprint density at radius 3 is 2.18 bits per heavy atom. The van der Waals surface area contributed by atoms with E-state index in [0.29, 0.717) is 0 Å². The Hall–Kier alpha value is -0.0800. The van der Waals surface area contributed by atoms with Crippen molar-refractivity contribution in [2.45, 2.75) is 51.2 Å². The largest absolute Gasteiger partial charge is 0.376 e. The molecule has 2 heteroatoms. The quantitative estimate of drug-likeness (QED) is 0.472. The number of hydrogen-bond donors (Lipinski definition) is 2. The van der Waals surface area contributed by atoms with Gasteiger partial charge in [0, 0.05) is 0 Å². The molecule has 0 saturated heterocycles. The average Bonchev–Trinajstić information content (AvgIpc) is 2.15. The predicted molar refractivity (Wildman–Crippen MR) is 46.3 cm³/mol. The van der Waals surface area contributed by atoms with Gasteiger partial charge >= 0.3 is 0 Å². The van der Waals surface area contributed by atoms with Crippen molar-refractivity contribution in [3.05, 3.63) is 0 Å². The molecule has 0 atom stereocenters. The Morgan fingerprint density at radius 2 is 1.73 bits per heavy atom. The summed E-state index contributed by atoms with van der Waals surface area (Å²) in [7, 11) is 0. The summed E-state index contributed by atoms with van der Waals surface area (Å²) in [5, 5.41) is 13.1. The summed E-state index contributed by atoms with van der Waals surface area (Å²) in [5.41, 5.74) is -0.536. The summed E-state index contributed by atoms with van der Waals surface area (Å²) >= 11 is 0. The van der Waals surface area contributed by atoms with E-state index in [2.05, 4.69) is 5.32 Å². The van der Waals surface area contributed by atoms with Crippen LogP contribution in [0.25, 0.3) is 0 Å². The van der Waals surface area contributed by atoms with Crippen molar-refractivity contribution in [3.8, 4) is 0 Å². The third-order valence-corrected chi connectivity index (χ3v) is 2.44. The highest BCUT2D eigenvalue weighted by Crippen LogP contribution is 2.24. The van der Waals surface area contributed by atoms with Gasteiger partial charge in [-0.1, -0.05) is 19.8 Å². The van der Waals surface area contributed by atoms with Crippen LogP contribution in [0.4, 0.5) is 0 Å². The van der Waals surface area contributed by atoms with Crippen LogP contribution in [0.2, 0.25) is 0 Å². The zero-order chi connectivity index (χ0) is 8.16. The van der Waals surface area contributed by atoms with Crippen LogP contribution in [0.1, 0.15) is 45.4 Å². The van der Waals surface area contributed by atoms with Gasteiger partial charge in [0.05, 0.1) is 0 Å². The second-order valence-electron chi connectivity index (χ2n) is 3.48. The molecule has 0 radical (unpaired) electrons. The zero-order valence-corrected chi connectivity index (χ0v) is 7.40. The van der Waals surface area contributed by atoms with E-state index in [1.54, 1.807) is 0 Å². The Kier molecular flexibility index (Phi) is 3.34. The van der Waals surface area contributed by atoms with E-state index in [0.717, 1.165) is 19.4 Å². The molecule has 0 heterocycles. The van der Waals surface area contributed by atoms with Crippen molar-refractivity contribution in [1.82, 2.24) is 5.32 Å². The molecule has 1 fully saturated rings. The molecule has 0 aliphatic heterocycles. The first kappa shape index (κ1) is 9.01. The molecular formula is C9H19NO. The van der Waals surface area contributed by atoms with Crippen molar-refractivity contribution >= 4 is 0 Å². The first-order chi connectivity index (χ1) is 5.27. The van der Waals surface area contributed by atoms with Gasteiger partial charge in [0.15, 0.2) is 0 Å². The van der Waals surface area contributed by atoms with E-state index < -0.39 is 5.72 Å². The van der Waals surface area contributed by atoms with Crippen LogP contribution in [-0.4, -0.2) is 17.4 Å². The van der Waals surface area contributed by atoms with Gasteiger partial charge in [0.25, 0.3) is 0 Å². The van der Waals surface area contributed by atoms with E-state index in [-0.39, 0.29) is 0 Å². The van der Waals surface area contributed by atoms with E-state index in [1.807, 2.05) is 6.92 Å². The summed E-state index contributed by atoms with van der Waals surface area (Å²) in [4.78, 5) is 0. The van der Waals surface area contributed by atoms with E-state index in [9.17, 15) is 5.11 Å². The van der Waals surface area contributed by atoms with Gasteiger partial charge in [-0.05, 0) is 32.2 Å². The van der Waals surface area contributed by atoms with Crippen LogP contribution in [0, 0.1) is 0 Å². The van der Waals surface area contributed by atoms with Crippen LogP contribution >= 0.6 is 0 Å². The van der Waals surface area contributed by atoms with Crippen molar-refractivity contribution < 1.29 is 5.11 Å². The van der Waals surface area contributed by atoms with E-state index in [4.69, 9.17) is 0 Å². The van der Waals surface area contributed by atoms with Crippen molar-refractivity contribution in [2.75, 3.05) is 6.54 Å². The molecule has 1 aliphatic carbocycles. The van der Waals surface area contributed by atoms with Crippen molar-refractivity contribution in [3.63, 3.8) is 0 Å².